The molecule has 1 aromatic carbocycles. The normalized spacial score (nSPS) is 10.9. The first kappa shape index (κ1) is 12.6. The molecule has 18 heavy (non-hydrogen) atoms. The molecule has 1 amide bonds. The van der Waals surface area contributed by atoms with Crippen molar-refractivity contribution in [3.63, 3.8) is 0 Å². The molecule has 1 heterocycles. The maximum absolute atomic E-state index is 13.5. The Labute approximate surface area is 104 Å². The summed E-state index contributed by atoms with van der Waals surface area (Å²) in [6, 6.07) is 3.16. The fourth-order valence-corrected chi connectivity index (χ4v) is 2.10. The second-order valence-electron chi connectivity index (χ2n) is 4.24. The number of nitrogens with two attached hydrogens (primary N) is 1. The lowest BCUT2D eigenvalue weighted by Gasteiger charge is -2.02. The fraction of sp³-hybridized carbons (Fsp3) is 0.308. The van der Waals surface area contributed by atoms with Crippen molar-refractivity contribution in [2.45, 2.75) is 13.3 Å². The monoisotopic (exact) mass is 249 g/mol. The van der Waals surface area contributed by atoms with Crippen LogP contribution in [-0.4, -0.2) is 24.5 Å². The van der Waals surface area contributed by atoms with Crippen LogP contribution in [0.25, 0.3) is 10.9 Å². The van der Waals surface area contributed by atoms with E-state index < -0.39 is 0 Å². The molecule has 2 rings (SSSR count). The van der Waals surface area contributed by atoms with Gasteiger partial charge in [0, 0.05) is 18.0 Å². The van der Waals surface area contributed by atoms with E-state index in [2.05, 4.69) is 10.3 Å². The summed E-state index contributed by atoms with van der Waals surface area (Å²) in [5.74, 6) is -0.501. The molecular weight excluding hydrogens is 233 g/mol. The van der Waals surface area contributed by atoms with Gasteiger partial charge in [0.05, 0.1) is 0 Å². The number of benzene rings is 1. The van der Waals surface area contributed by atoms with Gasteiger partial charge >= 0.3 is 0 Å². The maximum atomic E-state index is 13.5. The third kappa shape index (κ3) is 1.97. The van der Waals surface area contributed by atoms with Gasteiger partial charge in [0.2, 0.25) is 0 Å². The number of aromatic amines is 1. The van der Waals surface area contributed by atoms with E-state index in [1.54, 1.807) is 20.0 Å². The van der Waals surface area contributed by atoms with E-state index in [0.717, 1.165) is 10.9 Å². The number of aryl methyl sites for hydroxylation is 1. The number of H-pyrrole nitrogens is 1. The molecule has 0 aliphatic carbocycles. The van der Waals surface area contributed by atoms with Crippen LogP contribution in [-0.2, 0) is 6.42 Å². The molecule has 0 radical (unpaired) electrons. The lowest BCUT2D eigenvalue weighted by Crippen LogP contribution is -2.20. The Hall–Kier alpha value is -1.88. The zero-order valence-electron chi connectivity index (χ0n) is 10.4. The van der Waals surface area contributed by atoms with Gasteiger partial charge in [-0.2, -0.15) is 0 Å². The summed E-state index contributed by atoms with van der Waals surface area (Å²) in [5, 5.41) is 3.42. The molecule has 0 saturated heterocycles. The first-order valence-corrected chi connectivity index (χ1v) is 5.81. The summed E-state index contributed by atoms with van der Waals surface area (Å²) < 4.78 is 13.5. The molecule has 0 saturated carbocycles. The number of hydrogen-bond donors (Lipinski definition) is 3. The largest absolute Gasteiger partial charge is 0.354 e. The van der Waals surface area contributed by atoms with Crippen LogP contribution < -0.4 is 11.1 Å². The van der Waals surface area contributed by atoms with Crippen LogP contribution in [0.15, 0.2) is 12.1 Å². The van der Waals surface area contributed by atoms with Crippen LogP contribution >= 0.6 is 0 Å². The van der Waals surface area contributed by atoms with E-state index in [9.17, 15) is 9.18 Å². The van der Waals surface area contributed by atoms with Crippen molar-refractivity contribution in [3.8, 4) is 0 Å². The summed E-state index contributed by atoms with van der Waals surface area (Å²) in [6.45, 7) is 2.14. The van der Waals surface area contributed by atoms with Crippen LogP contribution in [0, 0.1) is 12.7 Å². The molecule has 0 unspecified atom stereocenters. The van der Waals surface area contributed by atoms with Gasteiger partial charge in [-0.3, -0.25) is 4.79 Å². The predicted octanol–water partition coefficient (Wildman–Crippen LogP) is 1.48. The van der Waals surface area contributed by atoms with Crippen molar-refractivity contribution in [2.75, 3.05) is 13.6 Å². The minimum absolute atomic E-state index is 0.215. The number of rotatable bonds is 3. The maximum Gasteiger partial charge on any atom is 0.267 e. The Kier molecular flexibility index (Phi) is 3.34. The molecule has 0 fully saturated rings. The molecule has 2 aromatic rings. The topological polar surface area (TPSA) is 70.9 Å². The number of hydrogen-bond acceptors (Lipinski definition) is 2. The first-order chi connectivity index (χ1) is 8.58. The Morgan fingerprint density at radius 2 is 2.22 bits per heavy atom. The van der Waals surface area contributed by atoms with E-state index in [1.165, 1.54) is 6.07 Å². The highest BCUT2D eigenvalue weighted by Gasteiger charge is 2.17. The Bertz CT molecular complexity index is 604. The molecule has 0 aliphatic rings. The highest BCUT2D eigenvalue weighted by atomic mass is 19.1. The van der Waals surface area contributed by atoms with E-state index in [1.807, 2.05) is 0 Å². The van der Waals surface area contributed by atoms with Gasteiger partial charge in [0.1, 0.15) is 11.5 Å². The SMILES string of the molecule is CNC(=O)c1[nH]c2cc(F)c(C)cc2c1CCN. The molecular formula is C13H16FN3O. The molecule has 0 aliphatic heterocycles. The van der Waals surface area contributed by atoms with E-state index in [0.29, 0.717) is 29.7 Å². The third-order valence-electron chi connectivity index (χ3n) is 3.03. The van der Waals surface area contributed by atoms with Crippen molar-refractivity contribution in [1.82, 2.24) is 10.3 Å². The van der Waals surface area contributed by atoms with Crippen molar-refractivity contribution in [1.29, 1.82) is 0 Å². The van der Waals surface area contributed by atoms with Gasteiger partial charge in [-0.05, 0) is 43.1 Å². The zero-order valence-corrected chi connectivity index (χ0v) is 10.4. The lowest BCUT2D eigenvalue weighted by molar-refractivity contribution is 0.0958. The Balaban J connectivity index is 2.71. The second kappa shape index (κ2) is 4.78. The van der Waals surface area contributed by atoms with Crippen LogP contribution in [0.4, 0.5) is 4.39 Å². The first-order valence-electron chi connectivity index (χ1n) is 5.81. The zero-order chi connectivity index (χ0) is 13.3. The molecule has 0 spiro atoms. The number of carbonyl (C=O) groups excluding carboxylic acids is 1. The number of nitrogens with one attached hydrogen (secondary N) is 2. The molecule has 96 valence electrons. The van der Waals surface area contributed by atoms with Crippen LogP contribution in [0.2, 0.25) is 0 Å². The summed E-state index contributed by atoms with van der Waals surface area (Å²) in [4.78, 5) is 14.7. The summed E-state index contributed by atoms with van der Waals surface area (Å²) in [5.41, 5.74) is 8.06. The van der Waals surface area contributed by atoms with Crippen molar-refractivity contribution < 1.29 is 9.18 Å². The highest BCUT2D eigenvalue weighted by molar-refractivity contribution is 6.01. The quantitative estimate of drug-likeness (QED) is 0.771. The molecule has 0 atom stereocenters. The van der Waals surface area contributed by atoms with Crippen LogP contribution in [0.3, 0.4) is 0 Å². The molecule has 0 bridgehead atoms. The van der Waals surface area contributed by atoms with E-state index >= 15 is 0 Å². The molecule has 4 N–H and O–H groups in total. The number of fused-ring (bicyclic) bond motifs is 1. The predicted molar refractivity (Wildman–Crippen MR) is 69.1 cm³/mol. The van der Waals surface area contributed by atoms with Gasteiger partial charge in [-0.15, -0.1) is 0 Å². The minimum Gasteiger partial charge on any atom is -0.354 e. The van der Waals surface area contributed by atoms with Gasteiger partial charge in [0.25, 0.3) is 5.91 Å². The number of carbonyl (C=O) groups is 1. The number of halogens is 1. The molecule has 1 aromatic heterocycles. The van der Waals surface area contributed by atoms with E-state index in [4.69, 9.17) is 5.73 Å². The number of aromatic nitrogens is 1. The minimum atomic E-state index is -0.286. The summed E-state index contributed by atoms with van der Waals surface area (Å²) in [7, 11) is 1.56. The average molecular weight is 249 g/mol. The van der Waals surface area contributed by atoms with Crippen LogP contribution in [0.5, 0.6) is 0 Å². The molecule has 4 nitrogen and oxygen atoms in total. The van der Waals surface area contributed by atoms with E-state index in [-0.39, 0.29) is 11.7 Å². The Morgan fingerprint density at radius 1 is 1.50 bits per heavy atom. The van der Waals surface area contributed by atoms with Gasteiger partial charge < -0.3 is 16.0 Å². The van der Waals surface area contributed by atoms with Crippen molar-refractivity contribution in [2.24, 2.45) is 5.73 Å². The third-order valence-corrected chi connectivity index (χ3v) is 3.03. The standard InChI is InChI=1S/C13H16FN3O/c1-7-5-9-8(3-4-15)12(13(18)16-2)17-11(9)6-10(7)14/h5-6,17H,3-4,15H2,1-2H3,(H,16,18). The van der Waals surface area contributed by atoms with Gasteiger partial charge in [0.15, 0.2) is 0 Å². The second-order valence-corrected chi connectivity index (χ2v) is 4.24. The Morgan fingerprint density at radius 3 is 2.83 bits per heavy atom. The van der Waals surface area contributed by atoms with Gasteiger partial charge in [-0.25, -0.2) is 4.39 Å². The lowest BCUT2D eigenvalue weighted by atomic mass is 10.0. The fourth-order valence-electron chi connectivity index (χ4n) is 2.10. The van der Waals surface area contributed by atoms with Crippen LogP contribution in [0.1, 0.15) is 21.6 Å². The van der Waals surface area contributed by atoms with Crippen molar-refractivity contribution in [3.05, 3.63) is 34.8 Å². The highest BCUT2D eigenvalue weighted by Crippen LogP contribution is 2.25. The summed E-state index contributed by atoms with van der Waals surface area (Å²) in [6.07, 6.45) is 0.577. The van der Waals surface area contributed by atoms with Crippen molar-refractivity contribution >= 4 is 16.8 Å². The van der Waals surface area contributed by atoms with Gasteiger partial charge in [-0.1, -0.05) is 0 Å². The smallest absolute Gasteiger partial charge is 0.267 e. The molecule has 5 heteroatoms. The summed E-state index contributed by atoms with van der Waals surface area (Å²) >= 11 is 0. The average Bonchev–Trinajstić information content (AvgIpc) is 2.68. The number of amides is 1.